The predicted molar refractivity (Wildman–Crippen MR) is 79.3 cm³/mol. The maximum absolute atomic E-state index is 9.26. The molecular formula is C14H22BrNO3. The normalized spacial score (nSPS) is 13.4. The maximum atomic E-state index is 9.26. The number of nitrogens with one attached hydrogen (secondary N) is 1. The SMILES string of the molecule is CC(C)(C)NCc1cc(OCC(O)CO)ccc1Br. The van der Waals surface area contributed by atoms with Gasteiger partial charge >= 0.3 is 0 Å². The van der Waals surface area contributed by atoms with Crippen LogP contribution in [0.3, 0.4) is 0 Å². The molecule has 3 N–H and O–H groups in total. The Morgan fingerprint density at radius 1 is 1.37 bits per heavy atom. The molecule has 5 heteroatoms. The van der Waals surface area contributed by atoms with Crippen molar-refractivity contribution >= 4 is 15.9 Å². The Morgan fingerprint density at radius 2 is 2.05 bits per heavy atom. The first-order valence-corrected chi connectivity index (χ1v) is 7.06. The highest BCUT2D eigenvalue weighted by Crippen LogP contribution is 2.23. The molecule has 1 aromatic carbocycles. The number of ether oxygens (including phenoxy) is 1. The maximum Gasteiger partial charge on any atom is 0.119 e. The third kappa shape index (κ3) is 6.38. The minimum atomic E-state index is -0.847. The van der Waals surface area contributed by atoms with Crippen LogP contribution in [-0.4, -0.2) is 35.1 Å². The second-order valence-electron chi connectivity index (χ2n) is 5.50. The third-order valence-corrected chi connectivity index (χ3v) is 3.25. The van der Waals surface area contributed by atoms with Crippen LogP contribution in [0.1, 0.15) is 26.3 Å². The first kappa shape index (κ1) is 16.4. The van der Waals surface area contributed by atoms with E-state index in [-0.39, 0.29) is 18.8 Å². The van der Waals surface area contributed by atoms with E-state index in [1.807, 2.05) is 18.2 Å². The van der Waals surface area contributed by atoms with Crippen molar-refractivity contribution in [1.82, 2.24) is 5.32 Å². The predicted octanol–water partition coefficient (Wildman–Crippen LogP) is 2.07. The van der Waals surface area contributed by atoms with Crippen LogP contribution in [0.2, 0.25) is 0 Å². The van der Waals surface area contributed by atoms with Gasteiger partial charge in [0.25, 0.3) is 0 Å². The molecule has 108 valence electrons. The minimum absolute atomic E-state index is 0.0450. The summed E-state index contributed by atoms with van der Waals surface area (Å²) in [6.45, 7) is 6.85. The van der Waals surface area contributed by atoms with Crippen molar-refractivity contribution in [2.45, 2.75) is 39.0 Å². The fraction of sp³-hybridized carbons (Fsp3) is 0.571. The smallest absolute Gasteiger partial charge is 0.119 e. The van der Waals surface area contributed by atoms with Gasteiger partial charge in [-0.25, -0.2) is 0 Å². The number of aliphatic hydroxyl groups excluding tert-OH is 2. The van der Waals surface area contributed by atoms with Gasteiger partial charge in [0.05, 0.1) is 6.61 Å². The summed E-state index contributed by atoms with van der Waals surface area (Å²) in [5.41, 5.74) is 1.13. The van der Waals surface area contributed by atoms with E-state index >= 15 is 0 Å². The van der Waals surface area contributed by atoms with Gasteiger partial charge in [0, 0.05) is 16.6 Å². The molecule has 0 bridgehead atoms. The summed E-state index contributed by atoms with van der Waals surface area (Å²) in [5.74, 6) is 0.682. The number of rotatable bonds is 6. The molecule has 4 nitrogen and oxygen atoms in total. The molecule has 1 rings (SSSR count). The number of halogens is 1. The fourth-order valence-corrected chi connectivity index (χ4v) is 1.77. The lowest BCUT2D eigenvalue weighted by atomic mass is 10.1. The lowest BCUT2D eigenvalue weighted by Gasteiger charge is -2.21. The van der Waals surface area contributed by atoms with E-state index in [2.05, 4.69) is 42.0 Å². The van der Waals surface area contributed by atoms with E-state index in [9.17, 15) is 5.11 Å². The van der Waals surface area contributed by atoms with Crippen molar-refractivity contribution in [3.8, 4) is 5.75 Å². The Bertz CT molecular complexity index is 404. The van der Waals surface area contributed by atoms with Crippen LogP contribution in [0.4, 0.5) is 0 Å². The molecule has 19 heavy (non-hydrogen) atoms. The number of hydrogen-bond acceptors (Lipinski definition) is 4. The van der Waals surface area contributed by atoms with Gasteiger partial charge in [-0.15, -0.1) is 0 Å². The number of hydrogen-bond donors (Lipinski definition) is 3. The summed E-state index contributed by atoms with van der Waals surface area (Å²) < 4.78 is 6.44. The molecule has 1 atom stereocenters. The first-order chi connectivity index (χ1) is 8.81. The highest BCUT2D eigenvalue weighted by atomic mass is 79.9. The van der Waals surface area contributed by atoms with Crippen molar-refractivity contribution in [3.63, 3.8) is 0 Å². The summed E-state index contributed by atoms with van der Waals surface area (Å²) in [6, 6.07) is 5.67. The van der Waals surface area contributed by atoms with E-state index in [4.69, 9.17) is 9.84 Å². The van der Waals surface area contributed by atoms with Gasteiger partial charge in [0.15, 0.2) is 0 Å². The van der Waals surface area contributed by atoms with Gasteiger partial charge in [-0.3, -0.25) is 0 Å². The third-order valence-electron chi connectivity index (χ3n) is 2.48. The lowest BCUT2D eigenvalue weighted by Crippen LogP contribution is -2.35. The molecule has 0 radical (unpaired) electrons. The zero-order valence-corrected chi connectivity index (χ0v) is 13.2. The average Bonchev–Trinajstić information content (AvgIpc) is 2.34. The molecule has 0 saturated carbocycles. The molecule has 0 aliphatic rings. The molecule has 0 heterocycles. The van der Waals surface area contributed by atoms with Crippen molar-refractivity contribution in [2.24, 2.45) is 0 Å². The molecule has 1 aromatic rings. The van der Waals surface area contributed by atoms with Crippen LogP contribution in [0.5, 0.6) is 5.75 Å². The first-order valence-electron chi connectivity index (χ1n) is 6.27. The molecule has 0 spiro atoms. The van der Waals surface area contributed by atoms with E-state index in [0.717, 1.165) is 16.6 Å². The minimum Gasteiger partial charge on any atom is -0.491 e. The lowest BCUT2D eigenvalue weighted by molar-refractivity contribution is 0.0536. The molecule has 0 fully saturated rings. The van der Waals surface area contributed by atoms with Crippen LogP contribution in [0, 0.1) is 0 Å². The summed E-state index contributed by atoms with van der Waals surface area (Å²) >= 11 is 3.51. The van der Waals surface area contributed by atoms with Crippen LogP contribution in [0.25, 0.3) is 0 Å². The Hall–Kier alpha value is -0.620. The molecule has 1 unspecified atom stereocenters. The Kier molecular flexibility index (Phi) is 6.26. The number of aliphatic hydroxyl groups is 2. The molecule has 0 aliphatic carbocycles. The standard InChI is InChI=1S/C14H22BrNO3/c1-14(2,3)16-7-10-6-12(4-5-13(10)15)19-9-11(18)8-17/h4-6,11,16-18H,7-9H2,1-3H3. The van der Waals surface area contributed by atoms with Gasteiger partial charge in [-0.2, -0.15) is 0 Å². The van der Waals surface area contributed by atoms with Gasteiger partial charge < -0.3 is 20.3 Å². The van der Waals surface area contributed by atoms with Crippen molar-refractivity contribution in [2.75, 3.05) is 13.2 Å². The Morgan fingerprint density at radius 3 is 2.63 bits per heavy atom. The van der Waals surface area contributed by atoms with Crippen LogP contribution in [0.15, 0.2) is 22.7 Å². The Labute approximate surface area is 122 Å². The van der Waals surface area contributed by atoms with Crippen molar-refractivity contribution < 1.29 is 14.9 Å². The highest BCUT2D eigenvalue weighted by molar-refractivity contribution is 9.10. The van der Waals surface area contributed by atoms with Gasteiger partial charge in [-0.05, 0) is 44.5 Å². The quantitative estimate of drug-likeness (QED) is 0.746. The molecule has 0 aromatic heterocycles. The summed E-state index contributed by atoms with van der Waals surface area (Å²) in [5, 5.41) is 21.4. The summed E-state index contributed by atoms with van der Waals surface area (Å²) in [6.07, 6.45) is -0.847. The number of benzene rings is 1. The van der Waals surface area contributed by atoms with Crippen LogP contribution < -0.4 is 10.1 Å². The molecule has 0 aliphatic heterocycles. The van der Waals surface area contributed by atoms with Crippen molar-refractivity contribution in [3.05, 3.63) is 28.2 Å². The zero-order chi connectivity index (χ0) is 14.5. The average molecular weight is 332 g/mol. The topological polar surface area (TPSA) is 61.7 Å². The second kappa shape index (κ2) is 7.24. The Balaban J connectivity index is 2.66. The monoisotopic (exact) mass is 331 g/mol. The van der Waals surface area contributed by atoms with Crippen LogP contribution in [-0.2, 0) is 6.54 Å². The highest BCUT2D eigenvalue weighted by Gasteiger charge is 2.11. The van der Waals surface area contributed by atoms with E-state index < -0.39 is 6.10 Å². The summed E-state index contributed by atoms with van der Waals surface area (Å²) in [7, 11) is 0. The molecule has 0 amide bonds. The van der Waals surface area contributed by atoms with E-state index in [1.165, 1.54) is 0 Å². The van der Waals surface area contributed by atoms with Gasteiger partial charge in [-0.1, -0.05) is 15.9 Å². The fourth-order valence-electron chi connectivity index (χ4n) is 1.38. The second-order valence-corrected chi connectivity index (χ2v) is 6.36. The summed E-state index contributed by atoms with van der Waals surface area (Å²) in [4.78, 5) is 0. The molecule has 0 saturated heterocycles. The van der Waals surface area contributed by atoms with E-state index in [1.54, 1.807) is 0 Å². The zero-order valence-electron chi connectivity index (χ0n) is 11.6. The van der Waals surface area contributed by atoms with E-state index in [0.29, 0.717) is 5.75 Å². The van der Waals surface area contributed by atoms with Gasteiger partial charge in [0.1, 0.15) is 18.5 Å². The largest absolute Gasteiger partial charge is 0.491 e. The van der Waals surface area contributed by atoms with Crippen molar-refractivity contribution in [1.29, 1.82) is 0 Å². The van der Waals surface area contributed by atoms with Crippen LogP contribution >= 0.6 is 15.9 Å². The van der Waals surface area contributed by atoms with Gasteiger partial charge in [0.2, 0.25) is 0 Å². The molecular weight excluding hydrogens is 310 g/mol.